The van der Waals surface area contributed by atoms with Crippen molar-refractivity contribution in [3.63, 3.8) is 0 Å². The first-order valence-electron chi connectivity index (χ1n) is 5.56. The van der Waals surface area contributed by atoms with E-state index >= 15 is 0 Å². The van der Waals surface area contributed by atoms with E-state index in [1.165, 1.54) is 6.42 Å². The van der Waals surface area contributed by atoms with Crippen molar-refractivity contribution in [3.8, 4) is 11.5 Å². The van der Waals surface area contributed by atoms with Crippen molar-refractivity contribution in [3.05, 3.63) is 36.2 Å². The van der Waals surface area contributed by atoms with Crippen LogP contribution in [0.2, 0.25) is 0 Å². The zero-order valence-electron chi connectivity index (χ0n) is 8.89. The van der Waals surface area contributed by atoms with Crippen LogP contribution in [0.1, 0.15) is 24.7 Å². The molecule has 4 heteroatoms. The molecule has 0 saturated carbocycles. The van der Waals surface area contributed by atoms with E-state index in [9.17, 15) is 0 Å². The standard InChI is InChI=1S/C12H13N3O/c1-2-5-9(6-3-1)12-14-11(15-16-12)10-7-4-8-13-10/h1-3,5-6,10,13H,4,7-8H2. The molecule has 0 bridgehead atoms. The summed E-state index contributed by atoms with van der Waals surface area (Å²) < 4.78 is 5.26. The molecule has 1 fully saturated rings. The second kappa shape index (κ2) is 4.06. The largest absolute Gasteiger partial charge is 0.334 e. The van der Waals surface area contributed by atoms with Crippen molar-refractivity contribution < 1.29 is 4.52 Å². The second-order valence-corrected chi connectivity index (χ2v) is 3.97. The number of nitrogens with one attached hydrogen (secondary N) is 1. The van der Waals surface area contributed by atoms with Crippen molar-refractivity contribution in [1.82, 2.24) is 15.5 Å². The van der Waals surface area contributed by atoms with Gasteiger partial charge >= 0.3 is 0 Å². The molecule has 1 saturated heterocycles. The molecule has 3 rings (SSSR count). The Kier molecular flexibility index (Phi) is 2.42. The summed E-state index contributed by atoms with van der Waals surface area (Å²) in [6, 6.07) is 10.1. The van der Waals surface area contributed by atoms with Crippen molar-refractivity contribution in [1.29, 1.82) is 0 Å². The van der Waals surface area contributed by atoms with E-state index in [0.717, 1.165) is 24.4 Å². The van der Waals surface area contributed by atoms with Crippen LogP contribution < -0.4 is 5.32 Å². The van der Waals surface area contributed by atoms with Crippen molar-refractivity contribution >= 4 is 0 Å². The third-order valence-electron chi connectivity index (χ3n) is 2.83. The van der Waals surface area contributed by atoms with Crippen LogP contribution in [-0.2, 0) is 0 Å². The average Bonchev–Trinajstić information content (AvgIpc) is 3.01. The van der Waals surface area contributed by atoms with Gasteiger partial charge < -0.3 is 9.84 Å². The fourth-order valence-electron chi connectivity index (χ4n) is 1.98. The summed E-state index contributed by atoms with van der Waals surface area (Å²) in [4.78, 5) is 4.42. The van der Waals surface area contributed by atoms with Crippen molar-refractivity contribution in [2.45, 2.75) is 18.9 Å². The lowest BCUT2D eigenvalue weighted by molar-refractivity contribution is 0.412. The summed E-state index contributed by atoms with van der Waals surface area (Å²) in [5, 5.41) is 7.38. The summed E-state index contributed by atoms with van der Waals surface area (Å²) in [6.07, 6.45) is 2.27. The van der Waals surface area contributed by atoms with Crippen LogP contribution in [0.4, 0.5) is 0 Å². The van der Waals surface area contributed by atoms with Crippen LogP contribution in [0, 0.1) is 0 Å². The first-order chi connectivity index (χ1) is 7.93. The molecule has 0 radical (unpaired) electrons. The topological polar surface area (TPSA) is 51.0 Å². The molecule has 1 unspecified atom stereocenters. The van der Waals surface area contributed by atoms with E-state index in [1.807, 2.05) is 30.3 Å². The Morgan fingerprint density at radius 3 is 2.88 bits per heavy atom. The quantitative estimate of drug-likeness (QED) is 0.834. The Labute approximate surface area is 93.7 Å². The summed E-state index contributed by atoms with van der Waals surface area (Å²) in [5.74, 6) is 1.38. The van der Waals surface area contributed by atoms with Gasteiger partial charge in [-0.25, -0.2) is 0 Å². The molecular weight excluding hydrogens is 202 g/mol. The van der Waals surface area contributed by atoms with Gasteiger partial charge in [-0.1, -0.05) is 23.4 Å². The molecule has 1 aliphatic heterocycles. The second-order valence-electron chi connectivity index (χ2n) is 3.97. The number of nitrogens with zero attached hydrogens (tertiary/aromatic N) is 2. The molecule has 1 aliphatic rings. The van der Waals surface area contributed by atoms with Crippen LogP contribution >= 0.6 is 0 Å². The Hall–Kier alpha value is -1.68. The Morgan fingerprint density at radius 1 is 1.25 bits per heavy atom. The van der Waals surface area contributed by atoms with E-state index in [2.05, 4.69) is 15.5 Å². The van der Waals surface area contributed by atoms with Crippen LogP contribution in [0.3, 0.4) is 0 Å². The van der Waals surface area contributed by atoms with Gasteiger partial charge in [0.15, 0.2) is 5.82 Å². The number of benzene rings is 1. The van der Waals surface area contributed by atoms with Crippen molar-refractivity contribution in [2.24, 2.45) is 0 Å². The minimum absolute atomic E-state index is 0.265. The van der Waals surface area contributed by atoms with Crippen LogP contribution in [0.15, 0.2) is 34.9 Å². The Bertz CT molecular complexity index is 460. The van der Waals surface area contributed by atoms with Gasteiger partial charge in [-0.3, -0.25) is 0 Å². The lowest BCUT2D eigenvalue weighted by atomic mass is 10.2. The highest BCUT2D eigenvalue weighted by Gasteiger charge is 2.21. The maximum absolute atomic E-state index is 5.26. The Morgan fingerprint density at radius 2 is 2.12 bits per heavy atom. The molecule has 1 atom stereocenters. The molecule has 2 heterocycles. The molecule has 0 aliphatic carbocycles. The van der Waals surface area contributed by atoms with Gasteiger partial charge in [0.05, 0.1) is 6.04 Å². The molecule has 1 N–H and O–H groups in total. The molecular formula is C12H13N3O. The highest BCUT2D eigenvalue weighted by molar-refractivity contribution is 5.52. The predicted octanol–water partition coefficient (Wildman–Crippen LogP) is 2.16. The lowest BCUT2D eigenvalue weighted by Crippen LogP contribution is -2.14. The Balaban J connectivity index is 1.87. The zero-order chi connectivity index (χ0) is 10.8. The van der Waals surface area contributed by atoms with E-state index < -0.39 is 0 Å². The molecule has 0 amide bonds. The minimum atomic E-state index is 0.265. The van der Waals surface area contributed by atoms with Gasteiger partial charge in [0.25, 0.3) is 5.89 Å². The first kappa shape index (κ1) is 9.54. The summed E-state index contributed by atoms with van der Waals surface area (Å²) in [5.41, 5.74) is 0.972. The van der Waals surface area contributed by atoms with Gasteiger partial charge in [-0.2, -0.15) is 4.98 Å². The van der Waals surface area contributed by atoms with E-state index in [4.69, 9.17) is 4.52 Å². The predicted molar refractivity (Wildman–Crippen MR) is 59.7 cm³/mol. The zero-order valence-corrected chi connectivity index (χ0v) is 8.89. The van der Waals surface area contributed by atoms with Crippen LogP contribution in [-0.4, -0.2) is 16.7 Å². The van der Waals surface area contributed by atoms with Gasteiger partial charge in [0.1, 0.15) is 0 Å². The highest BCUT2D eigenvalue weighted by atomic mass is 16.5. The van der Waals surface area contributed by atoms with Crippen LogP contribution in [0.25, 0.3) is 11.5 Å². The number of aromatic nitrogens is 2. The fourth-order valence-corrected chi connectivity index (χ4v) is 1.98. The van der Waals surface area contributed by atoms with Gasteiger partial charge in [-0.15, -0.1) is 0 Å². The number of hydrogen-bond acceptors (Lipinski definition) is 4. The summed E-state index contributed by atoms with van der Waals surface area (Å²) >= 11 is 0. The normalized spacial score (nSPS) is 20.1. The summed E-state index contributed by atoms with van der Waals surface area (Å²) in [6.45, 7) is 1.04. The monoisotopic (exact) mass is 215 g/mol. The third-order valence-corrected chi connectivity index (χ3v) is 2.83. The van der Waals surface area contributed by atoms with Crippen LogP contribution in [0.5, 0.6) is 0 Å². The van der Waals surface area contributed by atoms with Gasteiger partial charge in [0.2, 0.25) is 0 Å². The SMILES string of the molecule is c1ccc(-c2nc(C3CCCN3)no2)cc1. The fraction of sp³-hybridized carbons (Fsp3) is 0.333. The minimum Gasteiger partial charge on any atom is -0.334 e. The lowest BCUT2D eigenvalue weighted by Gasteiger charge is -2.01. The van der Waals surface area contributed by atoms with Crippen molar-refractivity contribution in [2.75, 3.05) is 6.54 Å². The van der Waals surface area contributed by atoms with Gasteiger partial charge in [-0.05, 0) is 31.5 Å². The molecule has 16 heavy (non-hydrogen) atoms. The maximum Gasteiger partial charge on any atom is 0.257 e. The smallest absolute Gasteiger partial charge is 0.257 e. The highest BCUT2D eigenvalue weighted by Crippen LogP contribution is 2.23. The molecule has 2 aromatic rings. The molecule has 1 aromatic heterocycles. The number of rotatable bonds is 2. The number of hydrogen-bond donors (Lipinski definition) is 1. The van der Waals surface area contributed by atoms with E-state index in [0.29, 0.717) is 5.89 Å². The average molecular weight is 215 g/mol. The molecule has 1 aromatic carbocycles. The first-order valence-corrected chi connectivity index (χ1v) is 5.56. The maximum atomic E-state index is 5.26. The van der Waals surface area contributed by atoms with Gasteiger partial charge in [0, 0.05) is 5.56 Å². The van der Waals surface area contributed by atoms with E-state index in [1.54, 1.807) is 0 Å². The molecule has 0 spiro atoms. The third kappa shape index (κ3) is 1.72. The molecule has 4 nitrogen and oxygen atoms in total. The van der Waals surface area contributed by atoms with E-state index in [-0.39, 0.29) is 6.04 Å². The molecule has 82 valence electrons. The summed E-state index contributed by atoms with van der Waals surface area (Å²) in [7, 11) is 0.